The van der Waals surface area contributed by atoms with Gasteiger partial charge in [-0.2, -0.15) is 0 Å². The molecule has 5 nitrogen and oxygen atoms in total. The van der Waals surface area contributed by atoms with Crippen LogP contribution in [0.1, 0.15) is 40.0 Å². The van der Waals surface area contributed by atoms with Crippen LogP contribution >= 0.6 is 0 Å². The highest BCUT2D eigenvalue weighted by Crippen LogP contribution is 2.16. The lowest BCUT2D eigenvalue weighted by Gasteiger charge is -2.32. The Hall–Kier alpha value is -1.10. The van der Waals surface area contributed by atoms with Crippen LogP contribution in [0.25, 0.3) is 0 Å². The van der Waals surface area contributed by atoms with E-state index in [9.17, 15) is 9.59 Å². The molecule has 1 amide bonds. The standard InChI is InChI=1S/C12H24N2O3/c1-4-7-14(8-5-2)10(11(13)15)9(6-3)12(16)17/h9-10H,4-8H2,1-3H3,(H2,13,15)(H,16,17)/t9?,10-/m0/s1. The van der Waals surface area contributed by atoms with Crippen molar-refractivity contribution in [3.8, 4) is 0 Å². The molecule has 0 aliphatic heterocycles. The minimum atomic E-state index is -0.950. The second-order valence-electron chi connectivity index (χ2n) is 4.24. The molecular formula is C12H24N2O3. The second kappa shape index (κ2) is 8.06. The third-order valence-electron chi connectivity index (χ3n) is 2.84. The van der Waals surface area contributed by atoms with Gasteiger partial charge in [-0.3, -0.25) is 14.5 Å². The van der Waals surface area contributed by atoms with Crippen molar-refractivity contribution in [2.45, 2.75) is 46.1 Å². The largest absolute Gasteiger partial charge is 0.481 e. The van der Waals surface area contributed by atoms with Gasteiger partial charge in [0.25, 0.3) is 0 Å². The molecular weight excluding hydrogens is 220 g/mol. The number of carbonyl (C=O) groups is 2. The van der Waals surface area contributed by atoms with Crippen LogP contribution in [0.4, 0.5) is 0 Å². The van der Waals surface area contributed by atoms with E-state index >= 15 is 0 Å². The van der Waals surface area contributed by atoms with Crippen LogP contribution in [-0.4, -0.2) is 41.0 Å². The Labute approximate surface area is 103 Å². The number of nitrogens with two attached hydrogens (primary N) is 1. The Morgan fingerprint density at radius 3 is 1.88 bits per heavy atom. The monoisotopic (exact) mass is 244 g/mol. The molecule has 3 N–H and O–H groups in total. The molecule has 1 unspecified atom stereocenters. The normalized spacial score (nSPS) is 14.6. The molecule has 0 spiro atoms. The zero-order valence-corrected chi connectivity index (χ0v) is 11.0. The molecule has 0 radical (unpaired) electrons. The fraction of sp³-hybridized carbons (Fsp3) is 0.833. The van der Waals surface area contributed by atoms with Gasteiger partial charge in [0.15, 0.2) is 0 Å². The molecule has 0 aromatic carbocycles. The van der Waals surface area contributed by atoms with Gasteiger partial charge in [0, 0.05) is 0 Å². The number of primary amides is 1. The summed E-state index contributed by atoms with van der Waals surface area (Å²) in [4.78, 5) is 24.6. The molecule has 17 heavy (non-hydrogen) atoms. The highest BCUT2D eigenvalue weighted by molar-refractivity contribution is 5.86. The van der Waals surface area contributed by atoms with Crippen molar-refractivity contribution in [3.63, 3.8) is 0 Å². The maximum absolute atomic E-state index is 11.5. The first-order valence-corrected chi connectivity index (χ1v) is 6.25. The Balaban J connectivity index is 5.00. The second-order valence-corrected chi connectivity index (χ2v) is 4.24. The summed E-state index contributed by atoms with van der Waals surface area (Å²) in [6.07, 6.45) is 2.16. The van der Waals surface area contributed by atoms with Crippen molar-refractivity contribution < 1.29 is 14.7 Å². The topological polar surface area (TPSA) is 83.6 Å². The van der Waals surface area contributed by atoms with Crippen LogP contribution in [0.2, 0.25) is 0 Å². The van der Waals surface area contributed by atoms with E-state index in [0.717, 1.165) is 12.8 Å². The summed E-state index contributed by atoms with van der Waals surface area (Å²) in [5, 5.41) is 9.14. The minimum Gasteiger partial charge on any atom is -0.481 e. The lowest BCUT2D eigenvalue weighted by molar-refractivity contribution is -0.148. The van der Waals surface area contributed by atoms with Crippen molar-refractivity contribution in [3.05, 3.63) is 0 Å². The molecule has 0 aliphatic rings. The molecule has 100 valence electrons. The first-order chi connectivity index (χ1) is 7.99. The molecule has 0 fully saturated rings. The number of hydrogen-bond donors (Lipinski definition) is 2. The molecule has 0 heterocycles. The van der Waals surface area contributed by atoms with Gasteiger partial charge >= 0.3 is 5.97 Å². The van der Waals surface area contributed by atoms with E-state index in [4.69, 9.17) is 10.8 Å². The predicted octanol–water partition coefficient (Wildman–Crippen LogP) is 1.07. The third kappa shape index (κ3) is 4.73. The molecule has 2 atom stereocenters. The number of carboxylic acids is 1. The van der Waals surface area contributed by atoms with Gasteiger partial charge in [-0.15, -0.1) is 0 Å². The first-order valence-electron chi connectivity index (χ1n) is 6.25. The SMILES string of the molecule is CCCN(CCC)[C@H](C(N)=O)C(CC)C(=O)O. The fourth-order valence-corrected chi connectivity index (χ4v) is 2.13. The molecule has 0 aromatic rings. The predicted molar refractivity (Wildman–Crippen MR) is 66.6 cm³/mol. The van der Waals surface area contributed by atoms with Crippen molar-refractivity contribution in [1.29, 1.82) is 0 Å². The lowest BCUT2D eigenvalue weighted by Crippen LogP contribution is -2.52. The first kappa shape index (κ1) is 15.9. The van der Waals surface area contributed by atoms with Gasteiger partial charge in [-0.25, -0.2) is 0 Å². The van der Waals surface area contributed by atoms with Crippen LogP contribution in [0.5, 0.6) is 0 Å². The summed E-state index contributed by atoms with van der Waals surface area (Å²) < 4.78 is 0. The summed E-state index contributed by atoms with van der Waals surface area (Å²) in [5.74, 6) is -2.21. The van der Waals surface area contributed by atoms with Crippen LogP contribution in [0, 0.1) is 5.92 Å². The van der Waals surface area contributed by atoms with Gasteiger partial charge in [0.2, 0.25) is 5.91 Å². The van der Waals surface area contributed by atoms with E-state index in [0.29, 0.717) is 19.5 Å². The highest BCUT2D eigenvalue weighted by Gasteiger charge is 2.34. The zero-order valence-electron chi connectivity index (χ0n) is 11.0. The number of carboxylic acid groups (broad SMARTS) is 1. The molecule has 0 saturated heterocycles. The number of hydrogen-bond acceptors (Lipinski definition) is 3. The zero-order chi connectivity index (χ0) is 13.4. The maximum Gasteiger partial charge on any atom is 0.308 e. The van der Waals surface area contributed by atoms with Gasteiger partial charge in [-0.05, 0) is 32.4 Å². The minimum absolute atomic E-state index is 0.410. The summed E-state index contributed by atoms with van der Waals surface area (Å²) in [7, 11) is 0. The third-order valence-corrected chi connectivity index (χ3v) is 2.84. The highest BCUT2D eigenvalue weighted by atomic mass is 16.4. The summed E-state index contributed by atoms with van der Waals surface area (Å²) in [6.45, 7) is 7.17. The quantitative estimate of drug-likeness (QED) is 0.635. The van der Waals surface area contributed by atoms with E-state index in [2.05, 4.69) is 0 Å². The van der Waals surface area contributed by atoms with Gasteiger partial charge in [0.1, 0.15) is 6.04 Å². The van der Waals surface area contributed by atoms with Gasteiger partial charge in [-0.1, -0.05) is 20.8 Å². The van der Waals surface area contributed by atoms with Crippen molar-refractivity contribution in [1.82, 2.24) is 4.90 Å². The number of amides is 1. The van der Waals surface area contributed by atoms with E-state index in [1.807, 2.05) is 18.7 Å². The fourth-order valence-electron chi connectivity index (χ4n) is 2.13. The van der Waals surface area contributed by atoms with Crippen LogP contribution in [0.15, 0.2) is 0 Å². The Morgan fingerprint density at radius 2 is 1.65 bits per heavy atom. The Morgan fingerprint density at radius 1 is 1.18 bits per heavy atom. The molecule has 0 rings (SSSR count). The average molecular weight is 244 g/mol. The lowest BCUT2D eigenvalue weighted by atomic mass is 9.94. The number of rotatable bonds is 9. The number of nitrogens with zero attached hydrogens (tertiary/aromatic N) is 1. The smallest absolute Gasteiger partial charge is 0.308 e. The molecule has 0 aliphatic carbocycles. The summed E-state index contributed by atoms with van der Waals surface area (Å²) >= 11 is 0. The molecule has 0 bridgehead atoms. The number of aliphatic carboxylic acids is 1. The van der Waals surface area contributed by atoms with Crippen molar-refractivity contribution >= 4 is 11.9 Å². The maximum atomic E-state index is 11.5. The van der Waals surface area contributed by atoms with Gasteiger partial charge < -0.3 is 10.8 Å². The Kier molecular flexibility index (Phi) is 7.54. The molecule has 0 aromatic heterocycles. The van der Waals surface area contributed by atoms with E-state index < -0.39 is 23.8 Å². The number of carbonyl (C=O) groups excluding carboxylic acids is 1. The summed E-state index contributed by atoms with van der Waals surface area (Å²) in [5.41, 5.74) is 5.37. The molecule has 5 heteroatoms. The van der Waals surface area contributed by atoms with E-state index in [1.54, 1.807) is 6.92 Å². The Bertz CT molecular complexity index is 250. The summed E-state index contributed by atoms with van der Waals surface area (Å²) in [6, 6.07) is -0.697. The van der Waals surface area contributed by atoms with Crippen LogP contribution in [-0.2, 0) is 9.59 Å². The molecule has 0 saturated carbocycles. The van der Waals surface area contributed by atoms with E-state index in [1.165, 1.54) is 0 Å². The van der Waals surface area contributed by atoms with Gasteiger partial charge in [0.05, 0.1) is 5.92 Å². The average Bonchev–Trinajstić information content (AvgIpc) is 2.24. The van der Waals surface area contributed by atoms with Crippen molar-refractivity contribution in [2.24, 2.45) is 11.7 Å². The van der Waals surface area contributed by atoms with E-state index in [-0.39, 0.29) is 0 Å². The van der Waals surface area contributed by atoms with Crippen LogP contribution < -0.4 is 5.73 Å². The van der Waals surface area contributed by atoms with Crippen molar-refractivity contribution in [2.75, 3.05) is 13.1 Å². The van der Waals surface area contributed by atoms with Crippen LogP contribution in [0.3, 0.4) is 0 Å².